The molecule has 4 rings (SSSR count). The molecular weight excluding hydrogens is 264 g/mol. The molecule has 0 saturated carbocycles. The molecule has 0 aromatic carbocycles. The van der Waals surface area contributed by atoms with Gasteiger partial charge in [-0.1, -0.05) is 6.07 Å². The Morgan fingerprint density at radius 3 is 2.90 bits per heavy atom. The van der Waals surface area contributed by atoms with Gasteiger partial charge in [0.2, 0.25) is 0 Å². The molecule has 2 aliphatic rings. The molecule has 0 unspecified atom stereocenters. The van der Waals surface area contributed by atoms with Crippen LogP contribution in [0.2, 0.25) is 0 Å². The molecule has 108 valence electrons. The van der Waals surface area contributed by atoms with Crippen molar-refractivity contribution in [1.29, 1.82) is 0 Å². The summed E-state index contributed by atoms with van der Waals surface area (Å²) in [7, 11) is 0. The molecule has 3 N–H and O–H groups in total. The summed E-state index contributed by atoms with van der Waals surface area (Å²) in [6.45, 7) is 0. The van der Waals surface area contributed by atoms with E-state index in [1.54, 1.807) is 6.20 Å². The van der Waals surface area contributed by atoms with Crippen LogP contribution >= 0.6 is 0 Å². The molecule has 0 aliphatic carbocycles. The predicted molar refractivity (Wildman–Crippen MR) is 79.8 cm³/mol. The average Bonchev–Trinajstić information content (AvgIpc) is 3.24. The Hall–Kier alpha value is -2.14. The first-order chi connectivity index (χ1) is 10.3. The Morgan fingerprint density at radius 1 is 1.24 bits per heavy atom. The maximum Gasteiger partial charge on any atom is 0.267 e. The molecule has 5 heteroatoms. The second kappa shape index (κ2) is 5.00. The van der Waals surface area contributed by atoms with Crippen LogP contribution in [0.4, 0.5) is 0 Å². The van der Waals surface area contributed by atoms with Gasteiger partial charge in [-0.2, -0.15) is 0 Å². The summed E-state index contributed by atoms with van der Waals surface area (Å²) in [4.78, 5) is 19.8. The number of H-pyrrole nitrogens is 1. The lowest BCUT2D eigenvalue weighted by atomic mass is 9.95. The molecular formula is C16H18N4O. The van der Waals surface area contributed by atoms with Crippen molar-refractivity contribution in [2.45, 2.75) is 37.4 Å². The van der Waals surface area contributed by atoms with Crippen molar-refractivity contribution < 1.29 is 4.79 Å². The Bertz CT molecular complexity index is 651. The number of carbonyl (C=O) groups excluding carboxylic acids is 1. The molecule has 4 heterocycles. The molecule has 2 aromatic heterocycles. The van der Waals surface area contributed by atoms with E-state index in [9.17, 15) is 4.79 Å². The Labute approximate surface area is 123 Å². The van der Waals surface area contributed by atoms with E-state index in [4.69, 9.17) is 0 Å². The van der Waals surface area contributed by atoms with Crippen molar-refractivity contribution in [2.24, 2.45) is 0 Å². The molecule has 0 spiro atoms. The van der Waals surface area contributed by atoms with Crippen LogP contribution in [-0.4, -0.2) is 34.0 Å². The van der Waals surface area contributed by atoms with Crippen LogP contribution in [0.15, 0.2) is 36.5 Å². The highest BCUT2D eigenvalue weighted by atomic mass is 16.2. The smallest absolute Gasteiger partial charge is 0.267 e. The largest absolute Gasteiger partial charge is 0.349 e. The summed E-state index contributed by atoms with van der Waals surface area (Å²) in [5, 5.41) is 6.67. The van der Waals surface area contributed by atoms with Crippen LogP contribution in [0, 0.1) is 0 Å². The number of pyridine rings is 1. The van der Waals surface area contributed by atoms with Gasteiger partial charge in [0.1, 0.15) is 5.69 Å². The van der Waals surface area contributed by atoms with E-state index in [2.05, 4.69) is 20.6 Å². The monoisotopic (exact) mass is 282 g/mol. The first kappa shape index (κ1) is 12.6. The fraction of sp³-hybridized carbons (Fsp3) is 0.375. The number of hydrogen-bond donors (Lipinski definition) is 3. The van der Waals surface area contributed by atoms with E-state index in [1.807, 2.05) is 30.3 Å². The SMILES string of the molecule is O=C(N[C@@H]1C[C@@H]2CC[C@@H]1N2)c1ccc(-c2ccccn2)[nH]1. The number of aromatic nitrogens is 2. The maximum absolute atomic E-state index is 12.3. The van der Waals surface area contributed by atoms with Crippen LogP contribution in [0.1, 0.15) is 29.8 Å². The Balaban J connectivity index is 1.47. The zero-order valence-electron chi connectivity index (χ0n) is 11.7. The molecule has 3 atom stereocenters. The molecule has 21 heavy (non-hydrogen) atoms. The second-order valence-corrected chi connectivity index (χ2v) is 5.86. The number of amides is 1. The maximum atomic E-state index is 12.3. The minimum atomic E-state index is -0.0310. The van der Waals surface area contributed by atoms with Gasteiger partial charge in [-0.25, -0.2) is 0 Å². The van der Waals surface area contributed by atoms with Gasteiger partial charge in [0.25, 0.3) is 5.91 Å². The molecule has 2 saturated heterocycles. The summed E-state index contributed by atoms with van der Waals surface area (Å²) < 4.78 is 0. The lowest BCUT2D eigenvalue weighted by Gasteiger charge is -2.21. The summed E-state index contributed by atoms with van der Waals surface area (Å²) in [6.07, 6.45) is 5.20. The lowest BCUT2D eigenvalue weighted by molar-refractivity contribution is 0.0926. The van der Waals surface area contributed by atoms with Gasteiger partial charge in [0.15, 0.2) is 0 Å². The zero-order valence-corrected chi connectivity index (χ0v) is 11.7. The van der Waals surface area contributed by atoms with Crippen LogP contribution in [0.3, 0.4) is 0 Å². The van der Waals surface area contributed by atoms with Crippen molar-refractivity contribution in [3.8, 4) is 11.4 Å². The summed E-state index contributed by atoms with van der Waals surface area (Å²) >= 11 is 0. The topological polar surface area (TPSA) is 69.8 Å². The zero-order chi connectivity index (χ0) is 14.2. The minimum absolute atomic E-state index is 0.0310. The third kappa shape index (κ3) is 2.34. The molecule has 2 aliphatic heterocycles. The minimum Gasteiger partial charge on any atom is -0.349 e. The number of aromatic amines is 1. The number of rotatable bonds is 3. The van der Waals surface area contributed by atoms with Gasteiger partial charge in [-0.05, 0) is 43.5 Å². The van der Waals surface area contributed by atoms with Crippen LogP contribution in [0.5, 0.6) is 0 Å². The molecule has 2 fully saturated rings. The normalized spacial score (nSPS) is 27.0. The highest BCUT2D eigenvalue weighted by molar-refractivity contribution is 5.93. The van der Waals surface area contributed by atoms with Crippen molar-refractivity contribution in [3.63, 3.8) is 0 Å². The lowest BCUT2D eigenvalue weighted by Crippen LogP contribution is -2.43. The van der Waals surface area contributed by atoms with Gasteiger partial charge >= 0.3 is 0 Å². The van der Waals surface area contributed by atoms with E-state index in [-0.39, 0.29) is 11.9 Å². The summed E-state index contributed by atoms with van der Waals surface area (Å²) in [6, 6.07) is 10.8. The highest BCUT2D eigenvalue weighted by Crippen LogP contribution is 2.28. The number of carbonyl (C=O) groups is 1. The van der Waals surface area contributed by atoms with Crippen molar-refractivity contribution in [3.05, 3.63) is 42.2 Å². The van der Waals surface area contributed by atoms with Crippen molar-refractivity contribution >= 4 is 5.91 Å². The summed E-state index contributed by atoms with van der Waals surface area (Å²) in [5.41, 5.74) is 2.31. The standard InChI is InChI=1S/C16H18N4O/c21-16(20-15-9-10-4-5-13(15)18-10)14-7-6-12(19-14)11-3-1-2-8-17-11/h1-3,6-8,10,13,15,18-19H,4-5,9H2,(H,20,21)/t10-,13-,15+/m0/s1. The van der Waals surface area contributed by atoms with E-state index in [0.717, 1.165) is 17.8 Å². The first-order valence-electron chi connectivity index (χ1n) is 7.47. The number of nitrogens with zero attached hydrogens (tertiary/aromatic N) is 1. The van der Waals surface area contributed by atoms with E-state index >= 15 is 0 Å². The van der Waals surface area contributed by atoms with Gasteiger partial charge in [0, 0.05) is 24.3 Å². The number of fused-ring (bicyclic) bond motifs is 2. The summed E-state index contributed by atoms with van der Waals surface area (Å²) in [5.74, 6) is -0.0310. The van der Waals surface area contributed by atoms with Crippen LogP contribution in [-0.2, 0) is 0 Å². The predicted octanol–water partition coefficient (Wildman–Crippen LogP) is 1.70. The molecule has 0 radical (unpaired) electrons. The molecule has 2 bridgehead atoms. The fourth-order valence-electron chi connectivity index (χ4n) is 3.43. The number of nitrogens with one attached hydrogen (secondary N) is 3. The van der Waals surface area contributed by atoms with Gasteiger partial charge in [-0.15, -0.1) is 0 Å². The molecule has 1 amide bonds. The fourth-order valence-corrected chi connectivity index (χ4v) is 3.43. The highest BCUT2D eigenvalue weighted by Gasteiger charge is 2.39. The van der Waals surface area contributed by atoms with Crippen molar-refractivity contribution in [1.82, 2.24) is 20.6 Å². The first-order valence-corrected chi connectivity index (χ1v) is 7.47. The quantitative estimate of drug-likeness (QED) is 0.802. The second-order valence-electron chi connectivity index (χ2n) is 5.86. The van der Waals surface area contributed by atoms with Crippen LogP contribution in [0.25, 0.3) is 11.4 Å². The van der Waals surface area contributed by atoms with E-state index in [1.165, 1.54) is 12.8 Å². The van der Waals surface area contributed by atoms with Gasteiger partial charge < -0.3 is 15.6 Å². The van der Waals surface area contributed by atoms with Crippen molar-refractivity contribution in [2.75, 3.05) is 0 Å². The third-order valence-electron chi connectivity index (χ3n) is 4.49. The molecule has 2 aromatic rings. The van der Waals surface area contributed by atoms with E-state index < -0.39 is 0 Å². The Kier molecular flexibility index (Phi) is 3.00. The number of hydrogen-bond acceptors (Lipinski definition) is 3. The Morgan fingerprint density at radius 2 is 2.19 bits per heavy atom. The average molecular weight is 282 g/mol. The van der Waals surface area contributed by atoms with Crippen LogP contribution < -0.4 is 10.6 Å². The van der Waals surface area contributed by atoms with E-state index in [0.29, 0.717) is 17.8 Å². The van der Waals surface area contributed by atoms with Gasteiger partial charge in [-0.3, -0.25) is 9.78 Å². The third-order valence-corrected chi connectivity index (χ3v) is 4.49. The molecule has 5 nitrogen and oxygen atoms in total. The van der Waals surface area contributed by atoms with Gasteiger partial charge in [0.05, 0.1) is 11.4 Å².